The average molecular weight is 183 g/mol. The fourth-order valence-corrected chi connectivity index (χ4v) is 1.24. The summed E-state index contributed by atoms with van der Waals surface area (Å²) in [4.78, 5) is 0. The maximum atomic E-state index is 9.74. The Hall–Kier alpha value is -0.900. The first-order valence-corrected chi connectivity index (χ1v) is 4.64. The van der Waals surface area contributed by atoms with Gasteiger partial charge in [0.15, 0.2) is 0 Å². The maximum absolute atomic E-state index is 9.74. The van der Waals surface area contributed by atoms with E-state index < -0.39 is 6.10 Å². The first kappa shape index (κ1) is 10.2. The first-order valence-electron chi connectivity index (χ1n) is 4.64. The zero-order valence-corrected chi connectivity index (χ0v) is 8.44. The van der Waals surface area contributed by atoms with Crippen LogP contribution in [-0.4, -0.2) is 20.1 Å². The van der Waals surface area contributed by atoms with E-state index in [4.69, 9.17) is 0 Å². The quantitative estimate of drug-likeness (QED) is 0.765. The molecule has 4 nitrogen and oxygen atoms in total. The Morgan fingerprint density at radius 2 is 2.15 bits per heavy atom. The highest BCUT2D eigenvalue weighted by atomic mass is 16.3. The summed E-state index contributed by atoms with van der Waals surface area (Å²) in [5.41, 5.74) is 0.792. The summed E-state index contributed by atoms with van der Waals surface area (Å²) in [5.74, 6) is 0.621. The van der Waals surface area contributed by atoms with Crippen molar-refractivity contribution in [2.45, 2.75) is 32.8 Å². The number of nitrogens with zero attached hydrogens (tertiary/aromatic N) is 3. The van der Waals surface area contributed by atoms with Crippen LogP contribution in [0.3, 0.4) is 0 Å². The van der Waals surface area contributed by atoms with Gasteiger partial charge in [0.1, 0.15) is 0 Å². The molecule has 1 aromatic rings. The third kappa shape index (κ3) is 2.81. The van der Waals surface area contributed by atoms with Crippen LogP contribution in [0, 0.1) is 5.92 Å². The Labute approximate surface area is 78.6 Å². The number of hydrogen-bond donors (Lipinski definition) is 1. The van der Waals surface area contributed by atoms with Gasteiger partial charge in [-0.2, -0.15) is 0 Å². The summed E-state index contributed by atoms with van der Waals surface area (Å²) >= 11 is 0. The zero-order chi connectivity index (χ0) is 9.84. The van der Waals surface area contributed by atoms with E-state index in [-0.39, 0.29) is 0 Å². The van der Waals surface area contributed by atoms with Gasteiger partial charge in [-0.15, -0.1) is 5.10 Å². The lowest BCUT2D eigenvalue weighted by Gasteiger charge is -2.11. The molecular formula is C9H17N3O. The van der Waals surface area contributed by atoms with Gasteiger partial charge in [0, 0.05) is 7.05 Å². The monoisotopic (exact) mass is 183 g/mol. The summed E-state index contributed by atoms with van der Waals surface area (Å²) in [7, 11) is 1.79. The molecule has 4 heteroatoms. The second-order valence-corrected chi connectivity index (χ2v) is 3.77. The van der Waals surface area contributed by atoms with Crippen molar-refractivity contribution in [3.05, 3.63) is 11.9 Å². The van der Waals surface area contributed by atoms with Crippen LogP contribution in [0.15, 0.2) is 6.20 Å². The Morgan fingerprint density at radius 3 is 2.62 bits per heavy atom. The van der Waals surface area contributed by atoms with E-state index >= 15 is 0 Å². The fraction of sp³-hybridized carbons (Fsp3) is 0.778. The van der Waals surface area contributed by atoms with Crippen LogP contribution in [0.5, 0.6) is 0 Å². The lowest BCUT2D eigenvalue weighted by Crippen LogP contribution is -2.06. The topological polar surface area (TPSA) is 50.9 Å². The average Bonchev–Trinajstić information content (AvgIpc) is 2.47. The van der Waals surface area contributed by atoms with Crippen LogP contribution < -0.4 is 0 Å². The van der Waals surface area contributed by atoms with Crippen LogP contribution in [0.2, 0.25) is 0 Å². The van der Waals surface area contributed by atoms with Crippen molar-refractivity contribution >= 4 is 0 Å². The van der Waals surface area contributed by atoms with Gasteiger partial charge < -0.3 is 5.11 Å². The normalized spacial score (nSPS) is 13.6. The van der Waals surface area contributed by atoms with Gasteiger partial charge in [-0.05, 0) is 18.8 Å². The molecule has 0 aromatic carbocycles. The molecule has 0 aliphatic heterocycles. The standard InChI is InChI=1S/C9H17N3O/c1-7(2)4-5-9(13)8-6-10-11-12(8)3/h6-7,9,13H,4-5H2,1-3H3. The molecule has 13 heavy (non-hydrogen) atoms. The van der Waals surface area contributed by atoms with Gasteiger partial charge in [-0.3, -0.25) is 0 Å². The third-order valence-corrected chi connectivity index (χ3v) is 2.11. The number of rotatable bonds is 4. The third-order valence-electron chi connectivity index (χ3n) is 2.11. The molecule has 0 saturated carbocycles. The lowest BCUT2D eigenvalue weighted by atomic mass is 10.0. The highest BCUT2D eigenvalue weighted by Crippen LogP contribution is 2.18. The van der Waals surface area contributed by atoms with Crippen molar-refractivity contribution in [2.24, 2.45) is 13.0 Å². The lowest BCUT2D eigenvalue weighted by molar-refractivity contribution is 0.150. The van der Waals surface area contributed by atoms with Gasteiger partial charge in [0.25, 0.3) is 0 Å². The minimum absolute atomic E-state index is 0.428. The SMILES string of the molecule is CC(C)CCC(O)c1cnnn1C. The van der Waals surface area contributed by atoms with Gasteiger partial charge in [0.05, 0.1) is 18.0 Å². The zero-order valence-electron chi connectivity index (χ0n) is 8.44. The molecule has 1 unspecified atom stereocenters. The highest BCUT2D eigenvalue weighted by Gasteiger charge is 2.12. The Bertz CT molecular complexity index is 257. The van der Waals surface area contributed by atoms with Crippen molar-refractivity contribution < 1.29 is 5.11 Å². The predicted octanol–water partition coefficient (Wildman–Crippen LogP) is 1.28. The summed E-state index contributed by atoms with van der Waals surface area (Å²) in [5, 5.41) is 17.2. The molecular weight excluding hydrogens is 166 g/mol. The molecule has 74 valence electrons. The van der Waals surface area contributed by atoms with E-state index in [2.05, 4.69) is 24.2 Å². The van der Waals surface area contributed by atoms with E-state index in [9.17, 15) is 5.11 Å². The number of hydrogen-bond acceptors (Lipinski definition) is 3. The van der Waals surface area contributed by atoms with Crippen LogP contribution in [0.4, 0.5) is 0 Å². The molecule has 0 fully saturated rings. The molecule has 1 atom stereocenters. The number of aromatic nitrogens is 3. The second kappa shape index (κ2) is 4.37. The minimum Gasteiger partial charge on any atom is -0.387 e. The van der Waals surface area contributed by atoms with Crippen molar-refractivity contribution in [3.8, 4) is 0 Å². The van der Waals surface area contributed by atoms with E-state index in [1.165, 1.54) is 0 Å². The number of aliphatic hydroxyl groups excluding tert-OH is 1. The molecule has 0 radical (unpaired) electrons. The van der Waals surface area contributed by atoms with E-state index in [1.54, 1.807) is 17.9 Å². The maximum Gasteiger partial charge on any atom is 0.0973 e. The molecule has 0 aliphatic carbocycles. The smallest absolute Gasteiger partial charge is 0.0973 e. The Balaban J connectivity index is 2.49. The molecule has 1 heterocycles. The number of aliphatic hydroxyl groups is 1. The van der Waals surface area contributed by atoms with Crippen molar-refractivity contribution in [2.75, 3.05) is 0 Å². The molecule has 0 bridgehead atoms. The van der Waals surface area contributed by atoms with Crippen LogP contribution in [0.1, 0.15) is 38.5 Å². The largest absolute Gasteiger partial charge is 0.387 e. The first-order chi connectivity index (χ1) is 6.11. The molecule has 1 aromatic heterocycles. The van der Waals surface area contributed by atoms with E-state index in [0.717, 1.165) is 18.5 Å². The fourth-order valence-electron chi connectivity index (χ4n) is 1.24. The molecule has 0 aliphatic rings. The highest BCUT2D eigenvalue weighted by molar-refractivity contribution is 4.97. The van der Waals surface area contributed by atoms with Crippen molar-refractivity contribution in [3.63, 3.8) is 0 Å². The predicted molar refractivity (Wildman–Crippen MR) is 50.0 cm³/mol. The van der Waals surface area contributed by atoms with Crippen molar-refractivity contribution in [1.29, 1.82) is 0 Å². The Morgan fingerprint density at radius 1 is 1.46 bits per heavy atom. The summed E-state index contributed by atoms with van der Waals surface area (Å²) < 4.78 is 1.62. The van der Waals surface area contributed by atoms with Crippen LogP contribution >= 0.6 is 0 Å². The van der Waals surface area contributed by atoms with E-state index in [1.807, 2.05) is 0 Å². The van der Waals surface area contributed by atoms with E-state index in [0.29, 0.717) is 5.92 Å². The molecule has 0 amide bonds. The van der Waals surface area contributed by atoms with Gasteiger partial charge in [-0.1, -0.05) is 19.1 Å². The Kier molecular flexibility index (Phi) is 3.42. The van der Waals surface area contributed by atoms with Crippen molar-refractivity contribution in [1.82, 2.24) is 15.0 Å². The molecule has 1 N–H and O–H groups in total. The van der Waals surface area contributed by atoms with Gasteiger partial charge >= 0.3 is 0 Å². The number of aryl methyl sites for hydroxylation is 1. The summed E-state index contributed by atoms with van der Waals surface area (Å²) in [6.45, 7) is 4.29. The second-order valence-electron chi connectivity index (χ2n) is 3.77. The van der Waals surface area contributed by atoms with Crippen LogP contribution in [-0.2, 0) is 7.05 Å². The summed E-state index contributed by atoms with van der Waals surface area (Å²) in [6, 6.07) is 0. The van der Waals surface area contributed by atoms with Crippen LogP contribution in [0.25, 0.3) is 0 Å². The minimum atomic E-state index is -0.428. The molecule has 1 rings (SSSR count). The van der Waals surface area contributed by atoms with Gasteiger partial charge in [-0.25, -0.2) is 4.68 Å². The van der Waals surface area contributed by atoms with Gasteiger partial charge in [0.2, 0.25) is 0 Å². The molecule has 0 spiro atoms. The summed E-state index contributed by atoms with van der Waals surface area (Å²) in [6.07, 6.45) is 2.98. The molecule has 0 saturated heterocycles.